The van der Waals surface area contributed by atoms with E-state index in [4.69, 9.17) is 23.2 Å². The first-order chi connectivity index (χ1) is 9.38. The molecule has 2 aromatic rings. The molecule has 0 amide bonds. The van der Waals surface area contributed by atoms with Gasteiger partial charge in [-0.05, 0) is 13.0 Å². The molecule has 1 N–H and O–H groups in total. The molecule has 20 heavy (non-hydrogen) atoms. The van der Waals surface area contributed by atoms with E-state index in [-0.39, 0.29) is 21.6 Å². The molecule has 0 aliphatic heterocycles. The Kier molecular flexibility index (Phi) is 4.54. The summed E-state index contributed by atoms with van der Waals surface area (Å²) in [7, 11) is -3.73. The van der Waals surface area contributed by atoms with Gasteiger partial charge in [0.1, 0.15) is 10.0 Å². The molecule has 2 heterocycles. The highest BCUT2D eigenvalue weighted by Gasteiger charge is 2.16. The number of hydrogen-bond donors (Lipinski definition) is 1. The molecule has 0 aliphatic rings. The molecular formula is C11H10Cl2N4O2S. The zero-order valence-corrected chi connectivity index (χ0v) is 12.7. The van der Waals surface area contributed by atoms with Crippen molar-refractivity contribution in [3.8, 4) is 0 Å². The molecule has 9 heteroatoms. The van der Waals surface area contributed by atoms with Crippen molar-refractivity contribution in [2.75, 3.05) is 0 Å². The van der Waals surface area contributed by atoms with Crippen LogP contribution in [0.5, 0.6) is 0 Å². The number of aromatic nitrogens is 3. The molecule has 0 unspecified atom stereocenters. The summed E-state index contributed by atoms with van der Waals surface area (Å²) in [6.07, 6.45) is 4.20. The van der Waals surface area contributed by atoms with Gasteiger partial charge in [0.2, 0.25) is 10.0 Å². The third kappa shape index (κ3) is 3.63. The molecule has 0 fully saturated rings. The van der Waals surface area contributed by atoms with Crippen LogP contribution >= 0.6 is 23.2 Å². The first-order valence-corrected chi connectivity index (χ1v) is 7.70. The van der Waals surface area contributed by atoms with Crippen LogP contribution in [0.3, 0.4) is 0 Å². The van der Waals surface area contributed by atoms with Gasteiger partial charge in [-0.3, -0.25) is 9.97 Å². The number of hydrogen-bond acceptors (Lipinski definition) is 5. The number of nitrogens with zero attached hydrogens (tertiary/aromatic N) is 3. The Morgan fingerprint density at radius 3 is 2.50 bits per heavy atom. The van der Waals surface area contributed by atoms with E-state index in [1.807, 2.05) is 0 Å². The fraction of sp³-hybridized carbons (Fsp3) is 0.182. The molecular weight excluding hydrogens is 323 g/mol. The minimum absolute atomic E-state index is 0.0237. The second kappa shape index (κ2) is 6.01. The maximum Gasteiger partial charge on any atom is 0.242 e. The summed E-state index contributed by atoms with van der Waals surface area (Å²) in [5.41, 5.74) is 1.26. The molecule has 0 atom stereocenters. The van der Waals surface area contributed by atoms with Crippen molar-refractivity contribution in [1.29, 1.82) is 0 Å². The highest BCUT2D eigenvalue weighted by atomic mass is 35.5. The summed E-state index contributed by atoms with van der Waals surface area (Å²) in [4.78, 5) is 11.7. The third-order valence-corrected chi connectivity index (χ3v) is 4.41. The average Bonchev–Trinajstić information content (AvgIpc) is 2.41. The predicted molar refractivity (Wildman–Crippen MR) is 75.1 cm³/mol. The van der Waals surface area contributed by atoms with Crippen LogP contribution in [0.2, 0.25) is 10.2 Å². The summed E-state index contributed by atoms with van der Waals surface area (Å²) in [5, 5.41) is 0.125. The maximum atomic E-state index is 12.0. The van der Waals surface area contributed by atoms with E-state index >= 15 is 0 Å². The van der Waals surface area contributed by atoms with Gasteiger partial charge >= 0.3 is 0 Å². The number of aryl methyl sites for hydroxylation is 1. The van der Waals surface area contributed by atoms with E-state index in [9.17, 15) is 8.42 Å². The van der Waals surface area contributed by atoms with Crippen LogP contribution in [0.1, 0.15) is 11.4 Å². The SMILES string of the molecule is Cc1cnc(CNS(=O)(=O)c2cnc(Cl)c(Cl)c2)cn1. The van der Waals surface area contributed by atoms with Crippen molar-refractivity contribution in [3.05, 3.63) is 46.2 Å². The van der Waals surface area contributed by atoms with Gasteiger partial charge in [-0.2, -0.15) is 0 Å². The molecule has 0 saturated carbocycles. The van der Waals surface area contributed by atoms with Crippen LogP contribution < -0.4 is 4.72 Å². The fourth-order valence-electron chi connectivity index (χ4n) is 1.31. The van der Waals surface area contributed by atoms with Gasteiger partial charge in [0.05, 0.1) is 29.2 Å². The molecule has 0 aliphatic carbocycles. The first-order valence-electron chi connectivity index (χ1n) is 5.47. The largest absolute Gasteiger partial charge is 0.258 e. The van der Waals surface area contributed by atoms with Gasteiger partial charge in [-0.15, -0.1) is 0 Å². The molecule has 0 spiro atoms. The molecule has 106 valence electrons. The fourth-order valence-corrected chi connectivity index (χ4v) is 2.62. The van der Waals surface area contributed by atoms with Crippen molar-refractivity contribution in [1.82, 2.24) is 19.7 Å². The summed E-state index contributed by atoms with van der Waals surface area (Å²) in [5.74, 6) is 0. The third-order valence-electron chi connectivity index (χ3n) is 2.36. The standard InChI is InChI=1S/C11H10Cl2N4O2S/c1-7-3-15-8(4-14-7)5-17-20(18,19)9-2-10(12)11(13)16-6-9/h2-4,6,17H,5H2,1H3. The normalized spacial score (nSPS) is 11.6. The number of sulfonamides is 1. The maximum absolute atomic E-state index is 12.0. The summed E-state index contributed by atoms with van der Waals surface area (Å²) in [6, 6.07) is 1.24. The Morgan fingerprint density at radius 2 is 1.90 bits per heavy atom. The molecule has 6 nitrogen and oxygen atoms in total. The number of nitrogens with one attached hydrogen (secondary N) is 1. The lowest BCUT2D eigenvalue weighted by atomic mass is 10.4. The van der Waals surface area contributed by atoms with E-state index < -0.39 is 10.0 Å². The van der Waals surface area contributed by atoms with Crippen LogP contribution in [0, 0.1) is 6.92 Å². The number of halogens is 2. The monoisotopic (exact) mass is 332 g/mol. The van der Waals surface area contributed by atoms with E-state index in [1.54, 1.807) is 13.1 Å². The zero-order chi connectivity index (χ0) is 14.8. The average molecular weight is 333 g/mol. The Labute approximate surface area is 126 Å². The van der Waals surface area contributed by atoms with E-state index in [1.165, 1.54) is 12.3 Å². The molecule has 0 aromatic carbocycles. The minimum Gasteiger partial charge on any atom is -0.258 e. The minimum atomic E-state index is -3.73. The van der Waals surface area contributed by atoms with Gasteiger partial charge in [0.25, 0.3) is 0 Å². The van der Waals surface area contributed by atoms with Crippen LogP contribution in [-0.4, -0.2) is 23.4 Å². The first kappa shape index (κ1) is 15.1. The van der Waals surface area contributed by atoms with Crippen molar-refractivity contribution < 1.29 is 8.42 Å². The lowest BCUT2D eigenvalue weighted by Crippen LogP contribution is -2.24. The lowest BCUT2D eigenvalue weighted by molar-refractivity contribution is 0.580. The Balaban J connectivity index is 2.14. The van der Waals surface area contributed by atoms with Crippen LogP contribution in [-0.2, 0) is 16.6 Å². The number of pyridine rings is 1. The highest BCUT2D eigenvalue weighted by Crippen LogP contribution is 2.22. The molecule has 0 bridgehead atoms. The van der Waals surface area contributed by atoms with Crippen molar-refractivity contribution >= 4 is 33.2 Å². The molecule has 2 rings (SSSR count). The van der Waals surface area contributed by atoms with Crippen molar-refractivity contribution in [2.24, 2.45) is 0 Å². The quantitative estimate of drug-likeness (QED) is 0.865. The summed E-state index contributed by atoms with van der Waals surface area (Å²) >= 11 is 11.4. The van der Waals surface area contributed by atoms with Gasteiger partial charge in [0, 0.05) is 12.4 Å². The number of rotatable bonds is 4. The topological polar surface area (TPSA) is 84.8 Å². The Hall–Kier alpha value is -1.28. The van der Waals surface area contributed by atoms with Gasteiger partial charge in [0.15, 0.2) is 0 Å². The van der Waals surface area contributed by atoms with Crippen LogP contribution in [0.15, 0.2) is 29.6 Å². The Morgan fingerprint density at radius 1 is 1.15 bits per heavy atom. The van der Waals surface area contributed by atoms with Crippen LogP contribution in [0.4, 0.5) is 0 Å². The van der Waals surface area contributed by atoms with Crippen LogP contribution in [0.25, 0.3) is 0 Å². The second-order valence-corrected chi connectivity index (χ2v) is 6.45. The smallest absolute Gasteiger partial charge is 0.242 e. The molecule has 2 aromatic heterocycles. The van der Waals surface area contributed by atoms with Gasteiger partial charge in [-0.1, -0.05) is 23.2 Å². The predicted octanol–water partition coefficient (Wildman–Crippen LogP) is 1.97. The molecule has 0 radical (unpaired) electrons. The van der Waals surface area contributed by atoms with E-state index in [0.29, 0.717) is 5.69 Å². The van der Waals surface area contributed by atoms with Gasteiger partial charge < -0.3 is 0 Å². The highest BCUT2D eigenvalue weighted by molar-refractivity contribution is 7.89. The van der Waals surface area contributed by atoms with E-state index in [0.717, 1.165) is 11.9 Å². The van der Waals surface area contributed by atoms with Gasteiger partial charge in [-0.25, -0.2) is 18.1 Å². The van der Waals surface area contributed by atoms with E-state index in [2.05, 4.69) is 19.7 Å². The lowest BCUT2D eigenvalue weighted by Gasteiger charge is -2.06. The van der Waals surface area contributed by atoms with Crippen molar-refractivity contribution in [3.63, 3.8) is 0 Å². The Bertz CT molecular complexity index is 720. The second-order valence-electron chi connectivity index (χ2n) is 3.92. The summed E-state index contributed by atoms with van der Waals surface area (Å²) in [6.45, 7) is 1.82. The summed E-state index contributed by atoms with van der Waals surface area (Å²) < 4.78 is 26.5. The zero-order valence-electron chi connectivity index (χ0n) is 10.3. The van der Waals surface area contributed by atoms with Crippen molar-refractivity contribution in [2.45, 2.75) is 18.4 Å². The molecule has 0 saturated heterocycles.